The molecule has 0 bridgehead atoms. The molecule has 0 aliphatic carbocycles. The number of hydrogen-bond donors (Lipinski definition) is 1. The third-order valence-corrected chi connectivity index (χ3v) is 4.34. The second-order valence-corrected chi connectivity index (χ2v) is 6.54. The second-order valence-electron chi connectivity index (χ2n) is 6.10. The summed E-state index contributed by atoms with van der Waals surface area (Å²) in [6.45, 7) is 2.34. The number of halogens is 1. The van der Waals surface area contributed by atoms with Gasteiger partial charge in [-0.05, 0) is 36.8 Å². The van der Waals surface area contributed by atoms with Crippen molar-refractivity contribution in [2.75, 3.05) is 6.54 Å². The Labute approximate surface area is 157 Å². The smallest absolute Gasteiger partial charge is 0.227 e. The van der Waals surface area contributed by atoms with Gasteiger partial charge in [-0.25, -0.2) is 0 Å². The van der Waals surface area contributed by atoms with Crippen LogP contribution in [-0.4, -0.2) is 22.6 Å². The lowest BCUT2D eigenvalue weighted by Crippen LogP contribution is -2.32. The maximum Gasteiger partial charge on any atom is 0.227 e. The highest BCUT2D eigenvalue weighted by Gasteiger charge is 2.21. The van der Waals surface area contributed by atoms with Crippen LogP contribution in [0.5, 0.6) is 0 Å². The van der Waals surface area contributed by atoms with Crippen LogP contribution in [-0.2, 0) is 17.6 Å². The van der Waals surface area contributed by atoms with E-state index in [4.69, 9.17) is 16.1 Å². The van der Waals surface area contributed by atoms with E-state index in [0.29, 0.717) is 24.4 Å². The zero-order valence-electron chi connectivity index (χ0n) is 14.5. The molecule has 1 amide bonds. The Kier molecular flexibility index (Phi) is 6.02. The molecule has 5 nitrogen and oxygen atoms in total. The van der Waals surface area contributed by atoms with Crippen molar-refractivity contribution >= 4 is 17.5 Å². The summed E-state index contributed by atoms with van der Waals surface area (Å²) in [6, 6.07) is 15.0. The van der Waals surface area contributed by atoms with E-state index < -0.39 is 0 Å². The summed E-state index contributed by atoms with van der Waals surface area (Å²) in [5.41, 5.74) is 2.61. The molecule has 0 radical (unpaired) electrons. The molecule has 6 heteroatoms. The molecule has 1 atom stereocenters. The SMILES string of the molecule is Cc1cc(CCNC(=O)C(Cc2ccccn2)c2ccc(Cl)cc2)no1. The first-order valence-corrected chi connectivity index (χ1v) is 8.85. The van der Waals surface area contributed by atoms with Crippen LogP contribution in [0, 0.1) is 6.92 Å². The van der Waals surface area contributed by atoms with E-state index in [1.165, 1.54) is 0 Å². The number of hydrogen-bond acceptors (Lipinski definition) is 4. The number of nitrogens with one attached hydrogen (secondary N) is 1. The molecule has 134 valence electrons. The minimum Gasteiger partial charge on any atom is -0.361 e. The summed E-state index contributed by atoms with van der Waals surface area (Å²) in [6.07, 6.45) is 2.89. The Bertz CT molecular complexity index is 847. The number of carbonyl (C=O) groups is 1. The first-order chi connectivity index (χ1) is 12.6. The van der Waals surface area contributed by atoms with Gasteiger partial charge in [0, 0.05) is 42.4 Å². The van der Waals surface area contributed by atoms with Gasteiger partial charge in [0.05, 0.1) is 11.6 Å². The topological polar surface area (TPSA) is 68.0 Å². The molecule has 3 rings (SSSR count). The Hall–Kier alpha value is -2.66. The van der Waals surface area contributed by atoms with Gasteiger partial charge in [-0.2, -0.15) is 0 Å². The van der Waals surface area contributed by atoms with Crippen molar-refractivity contribution in [1.29, 1.82) is 0 Å². The molecule has 0 saturated carbocycles. The Morgan fingerprint density at radius 2 is 2.00 bits per heavy atom. The third kappa shape index (κ3) is 4.92. The number of aromatic nitrogens is 2. The van der Waals surface area contributed by atoms with Crippen LogP contribution in [0.4, 0.5) is 0 Å². The highest BCUT2D eigenvalue weighted by molar-refractivity contribution is 6.30. The van der Waals surface area contributed by atoms with Crippen molar-refractivity contribution in [1.82, 2.24) is 15.5 Å². The van der Waals surface area contributed by atoms with Gasteiger partial charge >= 0.3 is 0 Å². The van der Waals surface area contributed by atoms with Crippen LogP contribution in [0.3, 0.4) is 0 Å². The maximum absolute atomic E-state index is 12.8. The van der Waals surface area contributed by atoms with Crippen molar-refractivity contribution in [3.63, 3.8) is 0 Å². The Balaban J connectivity index is 1.69. The number of amides is 1. The van der Waals surface area contributed by atoms with Gasteiger partial charge in [0.25, 0.3) is 0 Å². The normalized spacial score (nSPS) is 11.9. The van der Waals surface area contributed by atoms with Gasteiger partial charge in [-0.15, -0.1) is 0 Å². The van der Waals surface area contributed by atoms with Crippen LogP contribution in [0.1, 0.15) is 28.6 Å². The standard InChI is InChI=1S/C20H20ClN3O2/c1-14-12-18(24-26-14)9-11-23-20(25)19(13-17-4-2-3-10-22-17)15-5-7-16(21)8-6-15/h2-8,10,12,19H,9,11,13H2,1H3,(H,23,25). The van der Waals surface area contributed by atoms with E-state index in [2.05, 4.69) is 15.5 Å². The first kappa shape index (κ1) is 18.1. The average Bonchev–Trinajstić information content (AvgIpc) is 3.06. The average molecular weight is 370 g/mol. The van der Waals surface area contributed by atoms with Crippen molar-refractivity contribution in [2.45, 2.75) is 25.7 Å². The fourth-order valence-corrected chi connectivity index (χ4v) is 2.88. The number of pyridine rings is 1. The minimum absolute atomic E-state index is 0.0433. The van der Waals surface area contributed by atoms with Crippen LogP contribution < -0.4 is 5.32 Å². The van der Waals surface area contributed by atoms with Gasteiger partial charge in [0.1, 0.15) is 5.76 Å². The van der Waals surface area contributed by atoms with E-state index in [9.17, 15) is 4.79 Å². The molecule has 1 unspecified atom stereocenters. The summed E-state index contributed by atoms with van der Waals surface area (Å²) in [4.78, 5) is 17.2. The van der Waals surface area contributed by atoms with Crippen molar-refractivity contribution in [3.05, 3.63) is 82.5 Å². The molecular weight excluding hydrogens is 350 g/mol. The summed E-state index contributed by atoms with van der Waals surface area (Å²) in [5.74, 6) is 0.389. The number of rotatable bonds is 7. The van der Waals surface area contributed by atoms with Gasteiger partial charge in [0.2, 0.25) is 5.91 Å². The summed E-state index contributed by atoms with van der Waals surface area (Å²) in [5, 5.41) is 7.58. The maximum atomic E-state index is 12.8. The lowest BCUT2D eigenvalue weighted by Gasteiger charge is -2.17. The molecule has 2 aromatic heterocycles. The number of nitrogens with zero attached hydrogens (tertiary/aromatic N) is 2. The molecule has 26 heavy (non-hydrogen) atoms. The molecule has 0 aliphatic heterocycles. The third-order valence-electron chi connectivity index (χ3n) is 4.09. The van der Waals surface area contributed by atoms with E-state index >= 15 is 0 Å². The molecule has 0 spiro atoms. The summed E-state index contributed by atoms with van der Waals surface area (Å²) >= 11 is 5.98. The van der Waals surface area contributed by atoms with E-state index in [-0.39, 0.29) is 11.8 Å². The lowest BCUT2D eigenvalue weighted by molar-refractivity contribution is -0.122. The van der Waals surface area contributed by atoms with Gasteiger partial charge in [0.15, 0.2) is 0 Å². The fraction of sp³-hybridized carbons (Fsp3) is 0.250. The lowest BCUT2D eigenvalue weighted by atomic mass is 9.93. The van der Waals surface area contributed by atoms with E-state index in [1.807, 2.05) is 43.3 Å². The fourth-order valence-electron chi connectivity index (χ4n) is 2.76. The van der Waals surface area contributed by atoms with Crippen LogP contribution in [0.2, 0.25) is 5.02 Å². The van der Waals surface area contributed by atoms with Crippen LogP contribution >= 0.6 is 11.6 Å². The summed E-state index contributed by atoms with van der Waals surface area (Å²) < 4.78 is 5.05. The molecule has 0 aliphatic rings. The Morgan fingerprint density at radius 3 is 2.65 bits per heavy atom. The predicted octanol–water partition coefficient (Wildman–Crippen LogP) is 3.72. The molecule has 1 aromatic carbocycles. The second kappa shape index (κ2) is 8.63. The van der Waals surface area contributed by atoms with Gasteiger partial charge < -0.3 is 9.84 Å². The zero-order valence-corrected chi connectivity index (χ0v) is 15.2. The highest BCUT2D eigenvalue weighted by Crippen LogP contribution is 2.22. The van der Waals surface area contributed by atoms with Crippen molar-refractivity contribution < 1.29 is 9.32 Å². The molecule has 2 heterocycles. The van der Waals surface area contributed by atoms with Crippen molar-refractivity contribution in [3.8, 4) is 0 Å². The molecule has 1 N–H and O–H groups in total. The minimum atomic E-state index is -0.332. The first-order valence-electron chi connectivity index (χ1n) is 8.47. The zero-order chi connectivity index (χ0) is 18.4. The quantitative estimate of drug-likeness (QED) is 0.689. The van der Waals surface area contributed by atoms with Crippen LogP contribution in [0.25, 0.3) is 0 Å². The number of benzene rings is 1. The van der Waals surface area contributed by atoms with E-state index in [0.717, 1.165) is 22.7 Å². The number of aryl methyl sites for hydroxylation is 1. The number of carbonyl (C=O) groups excluding carboxylic acids is 1. The van der Waals surface area contributed by atoms with Crippen LogP contribution in [0.15, 0.2) is 59.3 Å². The highest BCUT2D eigenvalue weighted by atomic mass is 35.5. The van der Waals surface area contributed by atoms with Gasteiger partial charge in [-0.3, -0.25) is 9.78 Å². The van der Waals surface area contributed by atoms with Gasteiger partial charge in [-0.1, -0.05) is 35.0 Å². The Morgan fingerprint density at radius 1 is 1.19 bits per heavy atom. The molecule has 3 aromatic rings. The molecule has 0 saturated heterocycles. The predicted molar refractivity (Wildman–Crippen MR) is 100 cm³/mol. The van der Waals surface area contributed by atoms with E-state index in [1.54, 1.807) is 18.3 Å². The molecular formula is C20H20ClN3O2. The monoisotopic (exact) mass is 369 g/mol. The van der Waals surface area contributed by atoms with Crippen molar-refractivity contribution in [2.24, 2.45) is 0 Å². The summed E-state index contributed by atoms with van der Waals surface area (Å²) in [7, 11) is 0. The molecule has 0 fully saturated rings. The largest absolute Gasteiger partial charge is 0.361 e.